The molecule has 0 radical (unpaired) electrons. The van der Waals surface area contributed by atoms with Crippen LogP contribution in [0, 0.1) is 10.1 Å². The van der Waals surface area contributed by atoms with Gasteiger partial charge in [0.1, 0.15) is 0 Å². The third-order valence-corrected chi connectivity index (χ3v) is 4.38. The maximum absolute atomic E-state index is 12.8. The number of carbonyl (C=O) groups excluding carboxylic acids is 2. The van der Waals surface area contributed by atoms with Gasteiger partial charge in [-0.25, -0.2) is 10.0 Å². The molecule has 2 aromatic carbocycles. The summed E-state index contributed by atoms with van der Waals surface area (Å²) in [6.45, 7) is 1.27. The van der Waals surface area contributed by atoms with Crippen LogP contribution in [0.3, 0.4) is 0 Å². The molecule has 7 heteroatoms. The maximum Gasteiger partial charge on any atom is 0.276 e. The van der Waals surface area contributed by atoms with Crippen molar-refractivity contribution in [3.05, 3.63) is 51.6 Å². The lowest BCUT2D eigenvalue weighted by molar-refractivity contribution is -0.384. The van der Waals surface area contributed by atoms with Crippen molar-refractivity contribution < 1.29 is 14.5 Å². The molecule has 0 unspecified atom stereocenters. The van der Waals surface area contributed by atoms with Crippen molar-refractivity contribution in [2.45, 2.75) is 12.8 Å². The Labute approximate surface area is 131 Å². The Kier molecular flexibility index (Phi) is 2.92. The highest BCUT2D eigenvalue weighted by molar-refractivity contribution is 6.25. The van der Waals surface area contributed by atoms with Gasteiger partial charge in [0.05, 0.1) is 16.1 Å². The topological polar surface area (TPSA) is 83.8 Å². The average Bonchev–Trinajstić information content (AvgIpc) is 3.06. The number of amides is 2. The van der Waals surface area contributed by atoms with Crippen LogP contribution in [0.1, 0.15) is 33.6 Å². The van der Waals surface area contributed by atoms with E-state index in [9.17, 15) is 19.7 Å². The van der Waals surface area contributed by atoms with Gasteiger partial charge in [-0.3, -0.25) is 19.7 Å². The van der Waals surface area contributed by atoms with Crippen molar-refractivity contribution in [3.8, 4) is 0 Å². The van der Waals surface area contributed by atoms with Crippen LogP contribution in [0.2, 0.25) is 0 Å². The van der Waals surface area contributed by atoms with Crippen molar-refractivity contribution in [3.63, 3.8) is 0 Å². The average molecular weight is 311 g/mol. The summed E-state index contributed by atoms with van der Waals surface area (Å²) in [6.07, 6.45) is 1.84. The number of benzene rings is 2. The molecule has 2 heterocycles. The van der Waals surface area contributed by atoms with E-state index in [1.165, 1.54) is 12.1 Å². The van der Waals surface area contributed by atoms with Gasteiger partial charge in [0, 0.05) is 30.6 Å². The molecule has 116 valence electrons. The first kappa shape index (κ1) is 13.8. The lowest BCUT2D eigenvalue weighted by Gasteiger charge is -2.33. The number of hydrogen-bond acceptors (Lipinski definition) is 5. The van der Waals surface area contributed by atoms with Gasteiger partial charge in [-0.15, -0.1) is 0 Å². The van der Waals surface area contributed by atoms with Gasteiger partial charge in [0.25, 0.3) is 17.5 Å². The molecule has 23 heavy (non-hydrogen) atoms. The number of nitro groups is 1. The minimum Gasteiger partial charge on any atom is -0.267 e. The van der Waals surface area contributed by atoms with Crippen molar-refractivity contribution >= 4 is 28.3 Å². The monoisotopic (exact) mass is 311 g/mol. The van der Waals surface area contributed by atoms with Crippen LogP contribution < -0.4 is 0 Å². The van der Waals surface area contributed by atoms with E-state index in [0.29, 0.717) is 29.4 Å². The molecule has 0 aromatic heterocycles. The second-order valence-electron chi connectivity index (χ2n) is 5.74. The third kappa shape index (κ3) is 1.93. The van der Waals surface area contributed by atoms with Gasteiger partial charge < -0.3 is 0 Å². The van der Waals surface area contributed by atoms with Gasteiger partial charge >= 0.3 is 0 Å². The second-order valence-corrected chi connectivity index (χ2v) is 5.74. The molecule has 4 rings (SSSR count). The lowest BCUT2D eigenvalue weighted by Crippen LogP contribution is -2.50. The van der Waals surface area contributed by atoms with Gasteiger partial charge in [-0.05, 0) is 24.3 Å². The highest BCUT2D eigenvalue weighted by Crippen LogP contribution is 2.34. The molecule has 0 atom stereocenters. The standard InChI is InChI=1S/C16H13N3O4/c20-15-12-5-3-4-10-8-11(19(22)23)9-13(14(10)12)16(21)18(15)17-6-1-2-7-17/h3-5,8-9H,1-2,6-7H2. The van der Waals surface area contributed by atoms with E-state index in [1.54, 1.807) is 23.2 Å². The first-order valence-electron chi connectivity index (χ1n) is 7.43. The van der Waals surface area contributed by atoms with E-state index in [1.807, 2.05) is 0 Å². The van der Waals surface area contributed by atoms with Crippen LogP contribution in [-0.2, 0) is 0 Å². The highest BCUT2D eigenvalue weighted by atomic mass is 16.6. The van der Waals surface area contributed by atoms with E-state index in [0.717, 1.165) is 17.9 Å². The molecule has 1 fully saturated rings. The molecule has 1 saturated heterocycles. The normalized spacial score (nSPS) is 18.0. The van der Waals surface area contributed by atoms with E-state index in [-0.39, 0.29) is 17.2 Å². The smallest absolute Gasteiger partial charge is 0.267 e. The zero-order valence-corrected chi connectivity index (χ0v) is 12.2. The largest absolute Gasteiger partial charge is 0.276 e. The highest BCUT2D eigenvalue weighted by Gasteiger charge is 2.38. The number of nitro benzene ring substituents is 1. The number of hydrazine groups is 1. The number of hydrogen-bond donors (Lipinski definition) is 0. The Balaban J connectivity index is 1.97. The van der Waals surface area contributed by atoms with Crippen LogP contribution in [0.15, 0.2) is 30.3 Å². The first-order valence-corrected chi connectivity index (χ1v) is 7.43. The Morgan fingerprint density at radius 1 is 1.00 bits per heavy atom. The quantitative estimate of drug-likeness (QED) is 0.483. The molecular formula is C16H13N3O4. The summed E-state index contributed by atoms with van der Waals surface area (Å²) in [5.74, 6) is -0.840. The van der Waals surface area contributed by atoms with E-state index >= 15 is 0 Å². The number of non-ortho nitro benzene ring substituents is 1. The number of rotatable bonds is 2. The molecular weight excluding hydrogens is 298 g/mol. The molecule has 2 aromatic rings. The van der Waals surface area contributed by atoms with Gasteiger partial charge in [-0.2, -0.15) is 0 Å². The van der Waals surface area contributed by atoms with Crippen LogP contribution >= 0.6 is 0 Å². The number of imide groups is 1. The van der Waals surface area contributed by atoms with Gasteiger partial charge in [-0.1, -0.05) is 12.1 Å². The van der Waals surface area contributed by atoms with Crippen LogP contribution in [-0.4, -0.2) is 39.8 Å². The summed E-state index contributed by atoms with van der Waals surface area (Å²) >= 11 is 0. The molecule has 0 N–H and O–H groups in total. The molecule has 7 nitrogen and oxygen atoms in total. The predicted molar refractivity (Wildman–Crippen MR) is 81.9 cm³/mol. The SMILES string of the molecule is O=C1c2cccc3cc([N+](=O)[O-])cc(c23)C(=O)N1N1CCCC1. The fraction of sp³-hybridized carbons (Fsp3) is 0.250. The Morgan fingerprint density at radius 3 is 2.39 bits per heavy atom. The van der Waals surface area contributed by atoms with Crippen molar-refractivity contribution in [1.82, 2.24) is 10.0 Å². The molecule has 2 aliphatic rings. The molecule has 0 spiro atoms. The summed E-state index contributed by atoms with van der Waals surface area (Å²) in [6, 6.07) is 7.69. The van der Waals surface area contributed by atoms with Crippen molar-refractivity contribution in [1.29, 1.82) is 0 Å². The minimum absolute atomic E-state index is 0.145. The summed E-state index contributed by atoms with van der Waals surface area (Å²) in [7, 11) is 0. The van der Waals surface area contributed by atoms with Gasteiger partial charge in [0.2, 0.25) is 0 Å². The van der Waals surface area contributed by atoms with Crippen molar-refractivity contribution in [2.75, 3.05) is 13.1 Å². The van der Waals surface area contributed by atoms with E-state index in [4.69, 9.17) is 0 Å². The predicted octanol–water partition coefficient (Wildman–Crippen LogP) is 2.35. The van der Waals surface area contributed by atoms with Gasteiger partial charge in [0.15, 0.2) is 0 Å². The second kappa shape index (κ2) is 4.85. The van der Waals surface area contributed by atoms with Crippen molar-refractivity contribution in [2.24, 2.45) is 0 Å². The lowest BCUT2D eigenvalue weighted by atomic mass is 9.94. The maximum atomic E-state index is 12.8. The third-order valence-electron chi connectivity index (χ3n) is 4.38. The number of nitrogens with zero attached hydrogens (tertiary/aromatic N) is 3. The molecule has 2 aliphatic heterocycles. The number of carbonyl (C=O) groups is 2. The zero-order chi connectivity index (χ0) is 16.1. The first-order chi connectivity index (χ1) is 11.1. The van der Waals surface area contributed by atoms with Crippen LogP contribution in [0.25, 0.3) is 10.8 Å². The summed E-state index contributed by atoms with van der Waals surface area (Å²) in [4.78, 5) is 36.2. The summed E-state index contributed by atoms with van der Waals surface area (Å²) in [5, 5.41) is 15.0. The fourth-order valence-corrected chi connectivity index (χ4v) is 3.34. The fourth-order valence-electron chi connectivity index (χ4n) is 3.34. The van der Waals surface area contributed by atoms with E-state index in [2.05, 4.69) is 0 Å². The Bertz CT molecular complexity index is 871. The summed E-state index contributed by atoms with van der Waals surface area (Å²) < 4.78 is 0. The molecule has 0 bridgehead atoms. The molecule has 2 amide bonds. The van der Waals surface area contributed by atoms with Crippen LogP contribution in [0.4, 0.5) is 5.69 Å². The van der Waals surface area contributed by atoms with Crippen LogP contribution in [0.5, 0.6) is 0 Å². The molecule has 0 aliphatic carbocycles. The minimum atomic E-state index is -0.521. The Hall–Kier alpha value is -2.80. The van der Waals surface area contributed by atoms with E-state index < -0.39 is 10.8 Å². The Morgan fingerprint density at radius 2 is 1.70 bits per heavy atom. The molecule has 0 saturated carbocycles. The zero-order valence-electron chi connectivity index (χ0n) is 12.2. The summed E-state index contributed by atoms with van der Waals surface area (Å²) in [5.41, 5.74) is 0.490.